The molecule has 0 aromatic carbocycles. The first kappa shape index (κ1) is 15.3. The van der Waals surface area contributed by atoms with Crippen molar-refractivity contribution in [3.05, 3.63) is 0 Å². The zero-order chi connectivity index (χ0) is 14.3. The van der Waals surface area contributed by atoms with E-state index >= 15 is 0 Å². The van der Waals surface area contributed by atoms with Gasteiger partial charge in [0.25, 0.3) is 0 Å². The average Bonchev–Trinajstić information content (AvgIpc) is 2.53. The minimum atomic E-state index is -0.342. The molecule has 2 nitrogen and oxygen atoms in total. The normalized spacial score (nSPS) is 51.5. The van der Waals surface area contributed by atoms with Gasteiger partial charge in [-0.25, -0.2) is 0 Å². The quantitative estimate of drug-likeness (QED) is 0.800. The maximum atomic E-state index is 10.9. The Balaban J connectivity index is 2.30. The van der Waals surface area contributed by atoms with Crippen molar-refractivity contribution in [2.24, 2.45) is 22.7 Å². The van der Waals surface area contributed by atoms with Crippen LogP contribution in [0, 0.1) is 22.7 Å². The fourth-order valence-electron chi connectivity index (χ4n) is 4.50. The molecule has 0 aliphatic heterocycles. The van der Waals surface area contributed by atoms with Crippen LogP contribution in [0.2, 0.25) is 0 Å². The van der Waals surface area contributed by atoms with Gasteiger partial charge in [-0.1, -0.05) is 34.1 Å². The molecule has 0 radical (unpaired) electrons. The summed E-state index contributed by atoms with van der Waals surface area (Å²) in [7, 11) is 0. The molecular weight excluding hydrogens is 236 g/mol. The molecule has 2 aliphatic rings. The Kier molecular flexibility index (Phi) is 4.32. The zero-order valence-electron chi connectivity index (χ0n) is 13.2. The lowest BCUT2D eigenvalue weighted by molar-refractivity contribution is -0.138. The molecule has 2 fully saturated rings. The standard InChI is InChI=1S/C17H32O2/c1-5-16(3)10-7-8-12-9-11-17(4,6-2)15(19)13(12)14(16)18/h12-15,18-19H,5-11H2,1-4H3/t12?,13?,14?,15?,16-,17-/m0/s1. The van der Waals surface area contributed by atoms with Crippen molar-refractivity contribution in [3.8, 4) is 0 Å². The highest BCUT2D eigenvalue weighted by molar-refractivity contribution is 5.02. The molecule has 112 valence electrons. The lowest BCUT2D eigenvalue weighted by Gasteiger charge is -2.50. The topological polar surface area (TPSA) is 40.5 Å². The van der Waals surface area contributed by atoms with Gasteiger partial charge in [0.1, 0.15) is 0 Å². The lowest BCUT2D eigenvalue weighted by Crippen LogP contribution is -2.53. The van der Waals surface area contributed by atoms with E-state index in [1.807, 2.05) is 0 Å². The molecule has 0 heterocycles. The first-order valence-corrected chi connectivity index (χ1v) is 8.24. The van der Waals surface area contributed by atoms with E-state index in [4.69, 9.17) is 0 Å². The number of hydrogen-bond acceptors (Lipinski definition) is 2. The van der Waals surface area contributed by atoms with E-state index in [1.54, 1.807) is 0 Å². The van der Waals surface area contributed by atoms with Crippen molar-refractivity contribution in [2.75, 3.05) is 0 Å². The van der Waals surface area contributed by atoms with Crippen molar-refractivity contribution in [1.82, 2.24) is 0 Å². The van der Waals surface area contributed by atoms with Gasteiger partial charge < -0.3 is 10.2 Å². The van der Waals surface area contributed by atoms with E-state index in [9.17, 15) is 10.2 Å². The maximum Gasteiger partial charge on any atom is 0.0649 e. The third-order valence-electron chi connectivity index (χ3n) is 6.73. The Morgan fingerprint density at radius 2 is 1.42 bits per heavy atom. The van der Waals surface area contributed by atoms with Gasteiger partial charge in [0.05, 0.1) is 12.2 Å². The van der Waals surface area contributed by atoms with Gasteiger partial charge in [-0.2, -0.15) is 0 Å². The Bertz CT molecular complexity index is 316. The van der Waals surface area contributed by atoms with Crippen molar-refractivity contribution in [3.63, 3.8) is 0 Å². The molecule has 2 rings (SSSR count). The van der Waals surface area contributed by atoms with Crippen molar-refractivity contribution in [2.45, 2.75) is 84.8 Å². The minimum Gasteiger partial charge on any atom is -0.392 e. The fourth-order valence-corrected chi connectivity index (χ4v) is 4.50. The molecule has 0 spiro atoms. The molecule has 2 heteroatoms. The van der Waals surface area contributed by atoms with Crippen LogP contribution in [0.3, 0.4) is 0 Å². The highest BCUT2D eigenvalue weighted by atomic mass is 16.3. The van der Waals surface area contributed by atoms with E-state index in [2.05, 4.69) is 27.7 Å². The highest BCUT2D eigenvalue weighted by Gasteiger charge is 2.52. The van der Waals surface area contributed by atoms with Gasteiger partial charge in [0.2, 0.25) is 0 Å². The summed E-state index contributed by atoms with van der Waals surface area (Å²) in [6.07, 6.45) is 7.13. The average molecular weight is 268 g/mol. The Hall–Kier alpha value is -0.0800. The van der Waals surface area contributed by atoms with Crippen LogP contribution in [0.4, 0.5) is 0 Å². The minimum absolute atomic E-state index is 0.00113. The van der Waals surface area contributed by atoms with E-state index in [0.717, 1.165) is 25.7 Å². The van der Waals surface area contributed by atoms with Gasteiger partial charge in [0.15, 0.2) is 0 Å². The van der Waals surface area contributed by atoms with Crippen LogP contribution < -0.4 is 0 Å². The first-order valence-electron chi connectivity index (χ1n) is 8.24. The molecule has 0 aromatic rings. The number of hydrogen-bond donors (Lipinski definition) is 2. The van der Waals surface area contributed by atoms with Crippen LogP contribution in [0.1, 0.15) is 72.6 Å². The predicted octanol–water partition coefficient (Wildman–Crippen LogP) is 3.75. The summed E-state index contributed by atoms with van der Waals surface area (Å²) >= 11 is 0. The summed E-state index contributed by atoms with van der Waals surface area (Å²) in [4.78, 5) is 0. The van der Waals surface area contributed by atoms with E-state index < -0.39 is 0 Å². The van der Waals surface area contributed by atoms with Crippen molar-refractivity contribution < 1.29 is 10.2 Å². The monoisotopic (exact) mass is 268 g/mol. The summed E-state index contributed by atoms with van der Waals surface area (Å²) in [6, 6.07) is 0. The van der Waals surface area contributed by atoms with Crippen LogP contribution in [-0.4, -0.2) is 22.4 Å². The second-order valence-electron chi connectivity index (χ2n) is 7.67. The van der Waals surface area contributed by atoms with Gasteiger partial charge in [0, 0.05) is 5.92 Å². The molecule has 0 aromatic heterocycles. The summed E-state index contributed by atoms with van der Waals surface area (Å²) < 4.78 is 0. The van der Waals surface area contributed by atoms with Crippen LogP contribution in [0.15, 0.2) is 0 Å². The highest BCUT2D eigenvalue weighted by Crippen LogP contribution is 2.53. The number of fused-ring (bicyclic) bond motifs is 1. The lowest BCUT2D eigenvalue weighted by atomic mass is 9.59. The van der Waals surface area contributed by atoms with Crippen LogP contribution in [0.5, 0.6) is 0 Å². The van der Waals surface area contributed by atoms with Crippen LogP contribution >= 0.6 is 0 Å². The fraction of sp³-hybridized carbons (Fsp3) is 1.00. The smallest absolute Gasteiger partial charge is 0.0649 e. The summed E-state index contributed by atoms with van der Waals surface area (Å²) in [5.74, 6) is 0.615. The molecular formula is C17H32O2. The molecule has 2 saturated carbocycles. The number of aliphatic hydroxyl groups excluding tert-OH is 2. The second-order valence-corrected chi connectivity index (χ2v) is 7.67. The van der Waals surface area contributed by atoms with Gasteiger partial charge in [-0.05, 0) is 55.3 Å². The van der Waals surface area contributed by atoms with Crippen LogP contribution in [0.25, 0.3) is 0 Å². The third kappa shape index (κ3) is 2.47. The maximum absolute atomic E-state index is 10.9. The van der Waals surface area contributed by atoms with Gasteiger partial charge >= 0.3 is 0 Å². The van der Waals surface area contributed by atoms with Crippen molar-refractivity contribution in [1.29, 1.82) is 0 Å². The Labute approximate surface area is 118 Å². The Morgan fingerprint density at radius 3 is 1.95 bits per heavy atom. The summed E-state index contributed by atoms with van der Waals surface area (Å²) in [6.45, 7) is 8.77. The molecule has 4 unspecified atom stereocenters. The summed E-state index contributed by atoms with van der Waals surface area (Å²) in [5, 5.41) is 21.8. The largest absolute Gasteiger partial charge is 0.392 e. The summed E-state index contributed by atoms with van der Waals surface area (Å²) in [5.41, 5.74) is -0.00642. The van der Waals surface area contributed by atoms with Crippen molar-refractivity contribution >= 4 is 0 Å². The molecule has 2 N–H and O–H groups in total. The van der Waals surface area contributed by atoms with E-state index in [0.29, 0.717) is 5.92 Å². The zero-order valence-corrected chi connectivity index (χ0v) is 13.2. The third-order valence-corrected chi connectivity index (χ3v) is 6.73. The molecule has 19 heavy (non-hydrogen) atoms. The predicted molar refractivity (Wildman–Crippen MR) is 78.9 cm³/mol. The number of rotatable bonds is 2. The number of aliphatic hydroxyl groups is 2. The van der Waals surface area contributed by atoms with Crippen LogP contribution in [-0.2, 0) is 0 Å². The second kappa shape index (κ2) is 5.37. The molecule has 0 bridgehead atoms. The van der Waals surface area contributed by atoms with Gasteiger partial charge in [-0.15, -0.1) is 0 Å². The molecule has 0 amide bonds. The van der Waals surface area contributed by atoms with E-state index in [1.165, 1.54) is 19.3 Å². The molecule has 2 aliphatic carbocycles. The molecule has 6 atom stereocenters. The van der Waals surface area contributed by atoms with E-state index in [-0.39, 0.29) is 29.0 Å². The SMILES string of the molecule is CC[C@@]1(C)CCCC2CC[C@](C)(CC)C(O)C2C1O. The Morgan fingerprint density at radius 1 is 0.895 bits per heavy atom. The molecule has 0 saturated heterocycles. The van der Waals surface area contributed by atoms with Gasteiger partial charge in [-0.3, -0.25) is 0 Å². The first-order chi connectivity index (χ1) is 8.88.